The molecule has 2 unspecified atom stereocenters. The molecule has 1 aliphatic carbocycles. The van der Waals surface area contributed by atoms with Crippen molar-refractivity contribution in [3.8, 4) is 0 Å². The maximum absolute atomic E-state index is 5.71. The van der Waals surface area contributed by atoms with Crippen molar-refractivity contribution in [2.45, 2.75) is 31.4 Å². The van der Waals surface area contributed by atoms with E-state index < -0.39 is 0 Å². The molecule has 2 atom stereocenters. The normalized spacial score (nSPS) is 25.4. The van der Waals surface area contributed by atoms with E-state index in [0.717, 1.165) is 12.8 Å². The topological polar surface area (TPSA) is 73.1 Å². The number of hydrogen-bond acceptors (Lipinski definition) is 5. The highest BCUT2D eigenvalue weighted by atomic mass is 16.5. The molecule has 0 spiro atoms. The molecule has 1 heterocycles. The lowest BCUT2D eigenvalue weighted by atomic mass is 10.2. The third kappa shape index (κ3) is 2.18. The number of nitrogens with zero attached hydrogens (tertiary/aromatic N) is 2. The Morgan fingerprint density at radius 1 is 1.40 bits per heavy atom. The van der Waals surface area contributed by atoms with Gasteiger partial charge < -0.3 is 15.8 Å². The number of rotatable bonds is 3. The molecule has 1 saturated carbocycles. The van der Waals surface area contributed by atoms with Crippen LogP contribution in [0.25, 0.3) is 0 Å². The third-order valence-electron chi connectivity index (χ3n) is 2.80. The van der Waals surface area contributed by atoms with Crippen LogP contribution < -0.4 is 11.1 Å². The van der Waals surface area contributed by atoms with Gasteiger partial charge in [-0.05, 0) is 19.3 Å². The number of ether oxygens (including phenoxy) is 1. The molecule has 0 saturated heterocycles. The van der Waals surface area contributed by atoms with Crippen molar-refractivity contribution in [3.63, 3.8) is 0 Å². The summed E-state index contributed by atoms with van der Waals surface area (Å²) in [4.78, 5) is 8.14. The average molecular weight is 208 g/mol. The zero-order chi connectivity index (χ0) is 10.7. The maximum Gasteiger partial charge on any atom is 0.169 e. The minimum absolute atomic E-state index is 0.256. The lowest BCUT2D eigenvalue weighted by Gasteiger charge is -2.20. The van der Waals surface area contributed by atoms with E-state index in [0.29, 0.717) is 17.7 Å². The summed E-state index contributed by atoms with van der Waals surface area (Å²) in [5.74, 6) is 1.10. The van der Waals surface area contributed by atoms with Crippen molar-refractivity contribution in [1.82, 2.24) is 9.97 Å². The number of hydrogen-bond donors (Lipinski definition) is 2. The molecule has 5 heteroatoms. The Labute approximate surface area is 89.1 Å². The highest BCUT2D eigenvalue weighted by molar-refractivity contribution is 5.55. The largest absolute Gasteiger partial charge is 0.381 e. The predicted octanol–water partition coefficient (Wildman–Crippen LogP) is 1.04. The molecular formula is C10H16N4O. The van der Waals surface area contributed by atoms with Crippen LogP contribution in [-0.2, 0) is 4.74 Å². The van der Waals surface area contributed by atoms with Crippen molar-refractivity contribution in [2.75, 3.05) is 18.2 Å². The van der Waals surface area contributed by atoms with Gasteiger partial charge in [0.2, 0.25) is 0 Å². The molecule has 1 aromatic rings. The predicted molar refractivity (Wildman–Crippen MR) is 58.5 cm³/mol. The molecule has 2 rings (SSSR count). The van der Waals surface area contributed by atoms with Gasteiger partial charge in [0, 0.05) is 19.5 Å². The van der Waals surface area contributed by atoms with Gasteiger partial charge in [-0.2, -0.15) is 0 Å². The van der Waals surface area contributed by atoms with Crippen LogP contribution in [0.15, 0.2) is 12.4 Å². The van der Waals surface area contributed by atoms with Gasteiger partial charge in [0.05, 0.1) is 12.1 Å². The molecule has 3 N–H and O–H groups in total. The summed E-state index contributed by atoms with van der Waals surface area (Å²) in [7, 11) is 1.74. The zero-order valence-corrected chi connectivity index (χ0v) is 8.81. The van der Waals surface area contributed by atoms with E-state index in [4.69, 9.17) is 10.5 Å². The number of nitrogen functional groups attached to an aromatic ring is 1. The third-order valence-corrected chi connectivity index (χ3v) is 2.80. The number of nitrogens with one attached hydrogen (secondary N) is 1. The average Bonchev–Trinajstić information content (AvgIpc) is 2.69. The van der Waals surface area contributed by atoms with E-state index in [1.807, 2.05) is 0 Å². The van der Waals surface area contributed by atoms with Gasteiger partial charge in [0.1, 0.15) is 0 Å². The highest BCUT2D eigenvalue weighted by Gasteiger charge is 2.27. The van der Waals surface area contributed by atoms with E-state index in [1.54, 1.807) is 19.5 Å². The summed E-state index contributed by atoms with van der Waals surface area (Å²) < 4.78 is 5.38. The van der Waals surface area contributed by atoms with E-state index in [2.05, 4.69) is 15.3 Å². The molecule has 15 heavy (non-hydrogen) atoms. The minimum Gasteiger partial charge on any atom is -0.381 e. The molecule has 1 aliphatic rings. The van der Waals surface area contributed by atoms with Crippen LogP contribution in [-0.4, -0.2) is 29.2 Å². The first kappa shape index (κ1) is 10.2. The second-order valence-corrected chi connectivity index (χ2v) is 3.75. The van der Waals surface area contributed by atoms with Crippen molar-refractivity contribution in [1.29, 1.82) is 0 Å². The molecular weight excluding hydrogens is 192 g/mol. The maximum atomic E-state index is 5.71. The van der Waals surface area contributed by atoms with Gasteiger partial charge in [-0.3, -0.25) is 0 Å². The van der Waals surface area contributed by atoms with Gasteiger partial charge in [0.25, 0.3) is 0 Å². The summed E-state index contributed by atoms with van der Waals surface area (Å²) in [6.45, 7) is 0. The van der Waals surface area contributed by atoms with Crippen molar-refractivity contribution in [2.24, 2.45) is 0 Å². The Morgan fingerprint density at radius 2 is 2.20 bits per heavy atom. The Bertz CT molecular complexity index is 331. The summed E-state index contributed by atoms with van der Waals surface area (Å²) in [5, 5.41) is 3.29. The first-order valence-corrected chi connectivity index (χ1v) is 5.17. The molecule has 1 aromatic heterocycles. The summed E-state index contributed by atoms with van der Waals surface area (Å²) in [5.41, 5.74) is 5.71. The van der Waals surface area contributed by atoms with Crippen molar-refractivity contribution in [3.05, 3.63) is 12.4 Å². The van der Waals surface area contributed by atoms with Crippen LogP contribution in [0.5, 0.6) is 0 Å². The second kappa shape index (κ2) is 4.44. The van der Waals surface area contributed by atoms with E-state index in [1.165, 1.54) is 6.42 Å². The van der Waals surface area contributed by atoms with Crippen LogP contribution in [0, 0.1) is 0 Å². The molecule has 1 fully saturated rings. The summed E-state index contributed by atoms with van der Waals surface area (Å²) in [6.07, 6.45) is 6.84. The van der Waals surface area contributed by atoms with Gasteiger partial charge in [0.15, 0.2) is 11.6 Å². The second-order valence-electron chi connectivity index (χ2n) is 3.75. The quantitative estimate of drug-likeness (QED) is 0.776. The van der Waals surface area contributed by atoms with Gasteiger partial charge in [-0.15, -0.1) is 0 Å². The number of methoxy groups -OCH3 is 1. The first-order chi connectivity index (χ1) is 7.31. The van der Waals surface area contributed by atoms with Crippen molar-refractivity contribution >= 4 is 11.6 Å². The van der Waals surface area contributed by atoms with E-state index in [9.17, 15) is 0 Å². The standard InChI is InChI=1S/C10H16N4O/c1-15-8-4-2-3-7(8)14-10-9(11)12-5-6-13-10/h5-8H,2-4H2,1H3,(H2,11,12)(H,13,14). The molecule has 0 amide bonds. The monoisotopic (exact) mass is 208 g/mol. The molecule has 0 aromatic carbocycles. The minimum atomic E-state index is 0.256. The molecule has 82 valence electrons. The van der Waals surface area contributed by atoms with Gasteiger partial charge in [-0.1, -0.05) is 0 Å². The molecule has 5 nitrogen and oxygen atoms in total. The van der Waals surface area contributed by atoms with Crippen LogP contribution in [0.4, 0.5) is 11.6 Å². The van der Waals surface area contributed by atoms with Gasteiger partial charge in [-0.25, -0.2) is 9.97 Å². The zero-order valence-electron chi connectivity index (χ0n) is 8.81. The Morgan fingerprint density at radius 3 is 2.93 bits per heavy atom. The molecule has 0 radical (unpaired) electrons. The number of anilines is 2. The first-order valence-electron chi connectivity index (χ1n) is 5.17. The lowest BCUT2D eigenvalue weighted by Crippen LogP contribution is -2.30. The SMILES string of the molecule is COC1CCCC1Nc1nccnc1N. The fourth-order valence-electron chi connectivity index (χ4n) is 2.01. The van der Waals surface area contributed by atoms with Crippen LogP contribution >= 0.6 is 0 Å². The number of nitrogens with two attached hydrogens (primary N) is 1. The summed E-state index contributed by atoms with van der Waals surface area (Å²) >= 11 is 0. The Hall–Kier alpha value is -1.36. The van der Waals surface area contributed by atoms with Crippen LogP contribution in [0.3, 0.4) is 0 Å². The Balaban J connectivity index is 2.05. The highest BCUT2D eigenvalue weighted by Crippen LogP contribution is 2.25. The van der Waals surface area contributed by atoms with E-state index in [-0.39, 0.29) is 6.10 Å². The van der Waals surface area contributed by atoms with Crippen LogP contribution in [0.2, 0.25) is 0 Å². The molecule has 0 bridgehead atoms. The van der Waals surface area contributed by atoms with Gasteiger partial charge >= 0.3 is 0 Å². The number of aromatic nitrogens is 2. The summed E-state index contributed by atoms with van der Waals surface area (Å²) in [6, 6.07) is 0.300. The lowest BCUT2D eigenvalue weighted by molar-refractivity contribution is 0.101. The smallest absolute Gasteiger partial charge is 0.169 e. The van der Waals surface area contributed by atoms with Crippen LogP contribution in [0.1, 0.15) is 19.3 Å². The molecule has 0 aliphatic heterocycles. The fourth-order valence-corrected chi connectivity index (χ4v) is 2.01. The fraction of sp³-hybridized carbons (Fsp3) is 0.600. The Kier molecular flexibility index (Phi) is 3.01. The van der Waals surface area contributed by atoms with Crippen molar-refractivity contribution < 1.29 is 4.74 Å². The van der Waals surface area contributed by atoms with E-state index >= 15 is 0 Å².